The number of aromatic hydroxyl groups is 1. The first-order valence-corrected chi connectivity index (χ1v) is 15.9. The topological polar surface area (TPSA) is 46.4 Å². The van der Waals surface area contributed by atoms with E-state index in [2.05, 4.69) is 65.1 Å². The molecule has 46 heavy (non-hydrogen) atoms. The molecule has 0 fully saturated rings. The van der Waals surface area contributed by atoms with Gasteiger partial charge in [0.1, 0.15) is 5.75 Å². The number of nitrogens with one attached hydrogen (secondary N) is 1. The van der Waals surface area contributed by atoms with Crippen molar-refractivity contribution in [2.45, 2.75) is 46.0 Å². The number of hydrogen-bond acceptors (Lipinski definition) is 2. The van der Waals surface area contributed by atoms with E-state index in [9.17, 15) is 5.11 Å². The predicted octanol–water partition coefficient (Wildman–Crippen LogP) is 10.9. The molecule has 5 rings (SSSR count). The van der Waals surface area contributed by atoms with E-state index in [1.165, 1.54) is 16.8 Å². The van der Waals surface area contributed by atoms with Crippen LogP contribution in [0.15, 0.2) is 127 Å². The molecule has 0 atom stereocenters. The van der Waals surface area contributed by atoms with Crippen molar-refractivity contribution in [2.24, 2.45) is 0 Å². The third-order valence-corrected chi connectivity index (χ3v) is 7.36. The maximum atomic E-state index is 10.7. The van der Waals surface area contributed by atoms with E-state index in [1.807, 2.05) is 109 Å². The normalized spacial score (nSPS) is 10.2. The SMILES string of the molecule is CC(C)c1cccc(C(C)C)c1[N-]CCNCCc1cccc(-c2ccccc2)c1O.[CH2-]c1ccccc1.[CH2-]c1ccccc1.[Zr+4]. The zero-order valence-electron chi connectivity index (χ0n) is 27.9. The molecule has 0 saturated heterocycles. The molecule has 3 nitrogen and oxygen atoms in total. The molecule has 4 heteroatoms. The smallest absolute Gasteiger partial charge is 0.683 e. The summed E-state index contributed by atoms with van der Waals surface area (Å²) in [6.45, 7) is 18.7. The van der Waals surface area contributed by atoms with E-state index in [0.717, 1.165) is 53.9 Å². The monoisotopic (exact) mass is 687 g/mol. The molecule has 0 aliphatic carbocycles. The van der Waals surface area contributed by atoms with Crippen LogP contribution in [0.25, 0.3) is 16.4 Å². The Kier molecular flexibility index (Phi) is 17.7. The van der Waals surface area contributed by atoms with Crippen molar-refractivity contribution in [3.63, 3.8) is 0 Å². The first-order chi connectivity index (χ1) is 21.8. The van der Waals surface area contributed by atoms with Gasteiger partial charge in [-0.25, -0.2) is 0 Å². The van der Waals surface area contributed by atoms with Crippen molar-refractivity contribution in [1.29, 1.82) is 0 Å². The zero-order valence-corrected chi connectivity index (χ0v) is 30.4. The van der Waals surface area contributed by atoms with Crippen molar-refractivity contribution in [1.82, 2.24) is 5.32 Å². The molecule has 0 aliphatic rings. The van der Waals surface area contributed by atoms with E-state index < -0.39 is 0 Å². The van der Waals surface area contributed by atoms with Crippen molar-refractivity contribution in [3.05, 3.63) is 174 Å². The molecule has 0 aliphatic heterocycles. The summed E-state index contributed by atoms with van der Waals surface area (Å²) in [5.41, 5.74) is 8.87. The van der Waals surface area contributed by atoms with Crippen LogP contribution < -0.4 is 5.32 Å². The van der Waals surface area contributed by atoms with Crippen molar-refractivity contribution in [2.75, 3.05) is 19.6 Å². The second kappa shape index (κ2) is 21.1. The number of phenols is 1. The van der Waals surface area contributed by atoms with Gasteiger partial charge in [0.25, 0.3) is 0 Å². The summed E-state index contributed by atoms with van der Waals surface area (Å²) in [4.78, 5) is 0. The standard InChI is InChI=1S/C28H35N2O.2C7H7.Zr/c1-20(2)24-13-9-14-25(21(3)4)27(24)30-19-18-29-17-16-23-12-8-15-26(28(23)31)22-10-6-5-7-11-22;2*1-7-5-3-2-4-6-7;/h5-15,20-21,29,31H,16-19H2,1-4H3;2*2-6H,1H2;/q3*-1;+4. The number of nitrogens with zero attached hydrogens (tertiary/aromatic N) is 1. The molecule has 0 amide bonds. The molecule has 0 aromatic heterocycles. The fraction of sp³-hybridized carbons (Fsp3) is 0.238. The summed E-state index contributed by atoms with van der Waals surface area (Å²) in [6.07, 6.45) is 0.784. The molecule has 0 bridgehead atoms. The maximum Gasteiger partial charge on any atom is 4.00 e. The van der Waals surface area contributed by atoms with E-state index in [0.29, 0.717) is 17.6 Å². The van der Waals surface area contributed by atoms with Gasteiger partial charge in [0.15, 0.2) is 0 Å². The largest absolute Gasteiger partial charge is 4.00 e. The summed E-state index contributed by atoms with van der Waals surface area (Å²) in [5, 5.41) is 19.1. The quantitative estimate of drug-likeness (QED) is 0.113. The van der Waals surface area contributed by atoms with Crippen LogP contribution in [0.5, 0.6) is 5.75 Å². The minimum Gasteiger partial charge on any atom is -0.683 e. The Morgan fingerprint density at radius 2 is 1.09 bits per heavy atom. The van der Waals surface area contributed by atoms with Crippen molar-refractivity contribution < 1.29 is 31.3 Å². The first kappa shape index (κ1) is 38.5. The van der Waals surface area contributed by atoms with Crippen LogP contribution in [0, 0.1) is 13.8 Å². The summed E-state index contributed by atoms with van der Waals surface area (Å²) in [6, 6.07) is 42.3. The Morgan fingerprint density at radius 1 is 0.609 bits per heavy atom. The van der Waals surface area contributed by atoms with Gasteiger partial charge in [-0.3, -0.25) is 0 Å². The molecule has 5 aromatic rings. The van der Waals surface area contributed by atoms with Crippen LogP contribution in [0.2, 0.25) is 0 Å². The van der Waals surface area contributed by atoms with Gasteiger partial charge in [-0.15, -0.1) is 36.5 Å². The molecule has 0 heterocycles. The Hall–Kier alpha value is -3.72. The third-order valence-electron chi connectivity index (χ3n) is 7.36. The zero-order chi connectivity index (χ0) is 32.4. The van der Waals surface area contributed by atoms with Crippen LogP contribution in [-0.2, 0) is 32.6 Å². The van der Waals surface area contributed by atoms with E-state index >= 15 is 0 Å². The average molecular weight is 689 g/mol. The van der Waals surface area contributed by atoms with Crippen LogP contribution in [0.3, 0.4) is 0 Å². The van der Waals surface area contributed by atoms with Gasteiger partial charge in [0, 0.05) is 5.56 Å². The maximum absolute atomic E-state index is 10.7. The van der Waals surface area contributed by atoms with E-state index in [4.69, 9.17) is 5.32 Å². The molecular weight excluding hydrogens is 640 g/mol. The Morgan fingerprint density at radius 3 is 1.54 bits per heavy atom. The molecule has 2 N–H and O–H groups in total. The number of para-hydroxylation sites is 2. The summed E-state index contributed by atoms with van der Waals surface area (Å²) in [7, 11) is 0. The summed E-state index contributed by atoms with van der Waals surface area (Å²) in [5.74, 6) is 1.31. The van der Waals surface area contributed by atoms with Gasteiger partial charge >= 0.3 is 26.2 Å². The number of rotatable bonds is 10. The van der Waals surface area contributed by atoms with Gasteiger partial charge in [0.05, 0.1) is 0 Å². The van der Waals surface area contributed by atoms with Gasteiger partial charge in [-0.2, -0.15) is 49.2 Å². The van der Waals surface area contributed by atoms with Crippen LogP contribution in [0.1, 0.15) is 67.3 Å². The van der Waals surface area contributed by atoms with E-state index in [-0.39, 0.29) is 26.2 Å². The minimum absolute atomic E-state index is 0. The van der Waals surface area contributed by atoms with Crippen LogP contribution in [-0.4, -0.2) is 24.7 Å². The van der Waals surface area contributed by atoms with Gasteiger partial charge in [0.2, 0.25) is 0 Å². The summed E-state index contributed by atoms with van der Waals surface area (Å²) < 4.78 is 0. The fourth-order valence-electron chi connectivity index (χ4n) is 4.89. The Labute approximate surface area is 297 Å². The van der Waals surface area contributed by atoms with Gasteiger partial charge < -0.3 is 15.7 Å². The Bertz CT molecular complexity index is 1460. The van der Waals surface area contributed by atoms with Crippen LogP contribution >= 0.6 is 0 Å². The van der Waals surface area contributed by atoms with Crippen molar-refractivity contribution >= 4 is 5.69 Å². The molecule has 0 unspecified atom stereocenters. The Balaban J connectivity index is 0.000000401. The molecule has 0 saturated carbocycles. The predicted molar refractivity (Wildman–Crippen MR) is 194 cm³/mol. The molecule has 236 valence electrons. The minimum atomic E-state index is 0. The van der Waals surface area contributed by atoms with Crippen LogP contribution in [0.4, 0.5) is 5.69 Å². The average Bonchev–Trinajstić information content (AvgIpc) is 3.05. The van der Waals surface area contributed by atoms with Gasteiger partial charge in [-0.1, -0.05) is 118 Å². The molecular formula is C42H49N2OZr+. The number of benzene rings is 5. The second-order valence-electron chi connectivity index (χ2n) is 11.6. The number of hydrogen-bond donors (Lipinski definition) is 2. The molecule has 5 aromatic carbocycles. The van der Waals surface area contributed by atoms with Crippen molar-refractivity contribution in [3.8, 4) is 16.9 Å². The third kappa shape index (κ3) is 13.0. The molecule has 0 spiro atoms. The fourth-order valence-corrected chi connectivity index (χ4v) is 4.89. The summed E-state index contributed by atoms with van der Waals surface area (Å²) >= 11 is 0. The van der Waals surface area contributed by atoms with E-state index in [1.54, 1.807) is 0 Å². The van der Waals surface area contributed by atoms with Gasteiger partial charge in [-0.05, 0) is 42.5 Å². The first-order valence-electron chi connectivity index (χ1n) is 15.9. The second-order valence-corrected chi connectivity index (χ2v) is 11.6. The molecule has 0 radical (unpaired) electrons. The number of phenolic OH excluding ortho intramolecular Hbond substituents is 1.